The number of carbonyl (C=O) groups is 1. The van der Waals surface area contributed by atoms with Crippen LogP contribution in [0, 0.1) is 17.6 Å². The van der Waals surface area contributed by atoms with Gasteiger partial charge in [0.15, 0.2) is 5.82 Å². The standard InChI is InChI=1S/C14H17ClF2N2O/c1-8-3-2-4-14(18,7-8)13(20)19-12-10(15)5-9(16)6-11(12)17/h5-6,8H,2-4,7,18H2,1H3,(H,19,20). The van der Waals surface area contributed by atoms with Gasteiger partial charge in [-0.05, 0) is 24.8 Å². The van der Waals surface area contributed by atoms with E-state index in [1.165, 1.54) is 0 Å². The Balaban J connectivity index is 2.20. The molecule has 1 saturated carbocycles. The zero-order valence-corrected chi connectivity index (χ0v) is 11.9. The molecule has 3 N–H and O–H groups in total. The van der Waals surface area contributed by atoms with Crippen LogP contribution < -0.4 is 11.1 Å². The van der Waals surface area contributed by atoms with Crippen molar-refractivity contribution in [2.75, 3.05) is 5.32 Å². The second-order valence-corrected chi connectivity index (χ2v) is 5.96. The normalized spacial score (nSPS) is 26.4. The van der Waals surface area contributed by atoms with Gasteiger partial charge in [-0.25, -0.2) is 8.78 Å². The molecule has 3 nitrogen and oxygen atoms in total. The van der Waals surface area contributed by atoms with Crippen molar-refractivity contribution in [1.29, 1.82) is 0 Å². The van der Waals surface area contributed by atoms with Crippen LogP contribution in [0.25, 0.3) is 0 Å². The molecule has 0 radical (unpaired) electrons. The van der Waals surface area contributed by atoms with Crippen LogP contribution in [0.3, 0.4) is 0 Å². The van der Waals surface area contributed by atoms with Crippen LogP contribution in [0.1, 0.15) is 32.6 Å². The molecule has 2 unspecified atom stereocenters. The average Bonchev–Trinajstić information content (AvgIpc) is 2.33. The molecule has 110 valence electrons. The number of hydrogen-bond acceptors (Lipinski definition) is 2. The Morgan fingerprint density at radius 3 is 2.80 bits per heavy atom. The van der Waals surface area contributed by atoms with Gasteiger partial charge >= 0.3 is 0 Å². The number of rotatable bonds is 2. The van der Waals surface area contributed by atoms with E-state index in [1.807, 2.05) is 6.92 Å². The molecule has 2 atom stereocenters. The molecule has 1 aromatic carbocycles. The highest BCUT2D eigenvalue weighted by Gasteiger charge is 2.38. The van der Waals surface area contributed by atoms with Crippen molar-refractivity contribution in [3.8, 4) is 0 Å². The molecule has 0 heterocycles. The third-order valence-electron chi connectivity index (χ3n) is 3.73. The lowest BCUT2D eigenvalue weighted by atomic mass is 9.76. The third-order valence-corrected chi connectivity index (χ3v) is 4.03. The Hall–Kier alpha value is -1.20. The van der Waals surface area contributed by atoms with Crippen molar-refractivity contribution in [3.05, 3.63) is 28.8 Å². The molecule has 1 amide bonds. The lowest BCUT2D eigenvalue weighted by molar-refractivity contribution is -0.122. The largest absolute Gasteiger partial charge is 0.321 e. The van der Waals surface area contributed by atoms with Gasteiger partial charge in [0.25, 0.3) is 0 Å². The minimum Gasteiger partial charge on any atom is -0.321 e. The molecule has 6 heteroatoms. The van der Waals surface area contributed by atoms with Gasteiger partial charge in [-0.3, -0.25) is 4.79 Å². The highest BCUT2D eigenvalue weighted by atomic mass is 35.5. The molecule has 0 aromatic heterocycles. The van der Waals surface area contributed by atoms with E-state index in [0.717, 1.165) is 18.9 Å². The van der Waals surface area contributed by atoms with E-state index in [-0.39, 0.29) is 10.7 Å². The maximum atomic E-state index is 13.7. The molecule has 0 bridgehead atoms. The lowest BCUT2D eigenvalue weighted by Gasteiger charge is -2.35. The van der Waals surface area contributed by atoms with Crippen molar-refractivity contribution in [2.24, 2.45) is 11.7 Å². The number of carbonyl (C=O) groups excluding carboxylic acids is 1. The van der Waals surface area contributed by atoms with Crippen LogP contribution in [0.15, 0.2) is 12.1 Å². The fourth-order valence-electron chi connectivity index (χ4n) is 2.70. The van der Waals surface area contributed by atoms with E-state index in [1.54, 1.807) is 0 Å². The van der Waals surface area contributed by atoms with Crippen LogP contribution in [-0.4, -0.2) is 11.4 Å². The van der Waals surface area contributed by atoms with Gasteiger partial charge < -0.3 is 11.1 Å². The van der Waals surface area contributed by atoms with Crippen molar-refractivity contribution < 1.29 is 13.6 Å². The summed E-state index contributed by atoms with van der Waals surface area (Å²) in [6.07, 6.45) is 2.96. The van der Waals surface area contributed by atoms with Gasteiger partial charge in [0.2, 0.25) is 5.91 Å². The molecule has 0 spiro atoms. The predicted molar refractivity (Wildman–Crippen MR) is 74.5 cm³/mol. The summed E-state index contributed by atoms with van der Waals surface area (Å²) in [6, 6.07) is 1.63. The maximum Gasteiger partial charge on any atom is 0.244 e. The van der Waals surface area contributed by atoms with Crippen molar-refractivity contribution >= 4 is 23.2 Å². The molecule has 2 rings (SSSR count). The van der Waals surface area contributed by atoms with E-state index in [9.17, 15) is 13.6 Å². The first-order valence-corrected chi connectivity index (χ1v) is 6.94. The predicted octanol–water partition coefficient (Wildman–Crippen LogP) is 3.46. The fraction of sp³-hybridized carbons (Fsp3) is 0.500. The molecule has 20 heavy (non-hydrogen) atoms. The molecule has 1 aromatic rings. The summed E-state index contributed by atoms with van der Waals surface area (Å²) in [6.45, 7) is 2.03. The van der Waals surface area contributed by atoms with Crippen LogP contribution in [0.4, 0.5) is 14.5 Å². The highest BCUT2D eigenvalue weighted by molar-refractivity contribution is 6.33. The number of halogens is 3. The Bertz CT molecular complexity index is 515. The number of benzene rings is 1. The van der Waals surface area contributed by atoms with Gasteiger partial charge in [0.05, 0.1) is 16.2 Å². The minimum absolute atomic E-state index is 0.177. The summed E-state index contributed by atoms with van der Waals surface area (Å²) in [4.78, 5) is 12.3. The van der Waals surface area contributed by atoms with E-state index >= 15 is 0 Å². The van der Waals surface area contributed by atoms with Crippen LogP contribution in [-0.2, 0) is 4.79 Å². The topological polar surface area (TPSA) is 55.1 Å². The third kappa shape index (κ3) is 3.10. The molecule has 1 aliphatic rings. The van der Waals surface area contributed by atoms with Gasteiger partial charge in [0.1, 0.15) is 5.82 Å². The Morgan fingerprint density at radius 1 is 1.50 bits per heavy atom. The Labute approximate surface area is 121 Å². The van der Waals surface area contributed by atoms with E-state index in [0.29, 0.717) is 24.8 Å². The first-order chi connectivity index (χ1) is 9.32. The molecule has 0 saturated heterocycles. The fourth-order valence-corrected chi connectivity index (χ4v) is 2.94. The van der Waals surface area contributed by atoms with Crippen molar-refractivity contribution in [2.45, 2.75) is 38.1 Å². The van der Waals surface area contributed by atoms with E-state index in [2.05, 4.69) is 5.32 Å². The van der Waals surface area contributed by atoms with Crippen molar-refractivity contribution in [1.82, 2.24) is 0 Å². The second-order valence-electron chi connectivity index (χ2n) is 5.56. The number of anilines is 1. The Morgan fingerprint density at radius 2 is 2.20 bits per heavy atom. The van der Waals surface area contributed by atoms with Crippen LogP contribution >= 0.6 is 11.6 Å². The van der Waals surface area contributed by atoms with E-state index in [4.69, 9.17) is 17.3 Å². The monoisotopic (exact) mass is 302 g/mol. The SMILES string of the molecule is CC1CCCC(N)(C(=O)Nc2c(F)cc(F)cc2Cl)C1. The summed E-state index contributed by atoms with van der Waals surface area (Å²) in [5.74, 6) is -1.83. The van der Waals surface area contributed by atoms with Gasteiger partial charge in [-0.15, -0.1) is 0 Å². The van der Waals surface area contributed by atoms with Crippen molar-refractivity contribution in [3.63, 3.8) is 0 Å². The smallest absolute Gasteiger partial charge is 0.244 e. The zero-order chi connectivity index (χ0) is 14.9. The lowest BCUT2D eigenvalue weighted by Crippen LogP contribution is -2.53. The first kappa shape index (κ1) is 15.2. The van der Waals surface area contributed by atoms with Gasteiger partial charge in [-0.1, -0.05) is 31.4 Å². The quantitative estimate of drug-likeness (QED) is 0.879. The maximum absolute atomic E-state index is 13.7. The van der Waals surface area contributed by atoms with E-state index < -0.39 is 23.1 Å². The summed E-state index contributed by atoms with van der Waals surface area (Å²) in [5.41, 5.74) is 4.87. The number of amides is 1. The Kier molecular flexibility index (Phi) is 4.30. The highest BCUT2D eigenvalue weighted by Crippen LogP contribution is 2.33. The molecular formula is C14H17ClF2N2O. The summed E-state index contributed by atoms with van der Waals surface area (Å²) < 4.78 is 26.6. The molecule has 0 aliphatic heterocycles. The summed E-state index contributed by atoms with van der Waals surface area (Å²) in [7, 11) is 0. The van der Waals surface area contributed by atoms with Gasteiger partial charge in [-0.2, -0.15) is 0 Å². The first-order valence-electron chi connectivity index (χ1n) is 6.57. The summed E-state index contributed by atoms with van der Waals surface area (Å²) in [5, 5.41) is 2.22. The molecule has 1 aliphatic carbocycles. The number of hydrogen-bond donors (Lipinski definition) is 2. The molecule has 1 fully saturated rings. The number of nitrogens with two attached hydrogens (primary N) is 1. The second kappa shape index (κ2) is 5.66. The summed E-state index contributed by atoms with van der Waals surface area (Å²) >= 11 is 5.76. The minimum atomic E-state index is -1.03. The average molecular weight is 303 g/mol. The van der Waals surface area contributed by atoms with Crippen LogP contribution in [0.5, 0.6) is 0 Å². The van der Waals surface area contributed by atoms with Gasteiger partial charge in [0, 0.05) is 6.07 Å². The molecular weight excluding hydrogens is 286 g/mol. The zero-order valence-electron chi connectivity index (χ0n) is 11.2. The number of nitrogens with one attached hydrogen (secondary N) is 1. The van der Waals surface area contributed by atoms with Crippen LogP contribution in [0.2, 0.25) is 5.02 Å².